The number of hydrogen-bond donors (Lipinski definition) is 1. The second kappa shape index (κ2) is 7.19. The number of carbonyl (C=O) groups is 2. The van der Waals surface area contributed by atoms with E-state index in [1.54, 1.807) is 30.2 Å². The molecule has 0 saturated heterocycles. The number of aromatic carboxylic acids is 1. The smallest absolute Gasteiger partial charge is 0.336 e. The van der Waals surface area contributed by atoms with Gasteiger partial charge in [-0.05, 0) is 30.5 Å². The number of methoxy groups -OCH3 is 1. The normalized spacial score (nSPS) is 13.9. The van der Waals surface area contributed by atoms with Gasteiger partial charge in [-0.3, -0.25) is 4.79 Å². The van der Waals surface area contributed by atoms with E-state index in [4.69, 9.17) is 9.47 Å². The Labute approximate surface area is 123 Å². The molecule has 0 unspecified atom stereocenters. The highest BCUT2D eigenvalue weighted by atomic mass is 16.5. The summed E-state index contributed by atoms with van der Waals surface area (Å²) in [5, 5.41) is 9.22. The van der Waals surface area contributed by atoms with Gasteiger partial charge in [0.2, 0.25) is 0 Å². The molecule has 0 aliphatic carbocycles. The lowest BCUT2D eigenvalue weighted by Crippen LogP contribution is -2.38. The first kappa shape index (κ1) is 15.5. The summed E-state index contributed by atoms with van der Waals surface area (Å²) in [4.78, 5) is 25.1. The lowest BCUT2D eigenvalue weighted by atomic mass is 9.96. The highest BCUT2D eigenvalue weighted by Gasteiger charge is 2.25. The third-order valence-electron chi connectivity index (χ3n) is 3.44. The van der Waals surface area contributed by atoms with Crippen LogP contribution in [0.3, 0.4) is 0 Å². The molecule has 114 valence electrons. The van der Waals surface area contributed by atoms with Gasteiger partial charge < -0.3 is 19.5 Å². The molecule has 1 aliphatic heterocycles. The maximum absolute atomic E-state index is 12.2. The number of rotatable bonds is 6. The predicted octanol–water partition coefficient (Wildman–Crippen LogP) is 1.33. The van der Waals surface area contributed by atoms with E-state index in [2.05, 4.69) is 0 Å². The molecule has 1 heterocycles. The largest absolute Gasteiger partial charge is 0.478 e. The number of carbonyl (C=O) groups excluding carboxylic acids is 1. The molecule has 0 fully saturated rings. The molecule has 6 heteroatoms. The number of hydrogen-bond acceptors (Lipinski definition) is 4. The quantitative estimate of drug-likeness (QED) is 0.801. The summed E-state index contributed by atoms with van der Waals surface area (Å²) < 4.78 is 10.1. The first-order chi connectivity index (χ1) is 10.1. The Bertz CT molecular complexity index is 529. The minimum Gasteiger partial charge on any atom is -0.478 e. The molecule has 0 aromatic heterocycles. The van der Waals surface area contributed by atoms with Crippen molar-refractivity contribution in [3.63, 3.8) is 0 Å². The molecular formula is C15H19NO5. The van der Waals surface area contributed by atoms with E-state index >= 15 is 0 Å². The van der Waals surface area contributed by atoms with E-state index < -0.39 is 5.97 Å². The first-order valence-corrected chi connectivity index (χ1v) is 6.87. The van der Waals surface area contributed by atoms with Crippen LogP contribution in [-0.2, 0) is 20.7 Å². The maximum atomic E-state index is 12.2. The average molecular weight is 293 g/mol. The zero-order chi connectivity index (χ0) is 15.2. The van der Waals surface area contributed by atoms with Crippen molar-refractivity contribution in [2.24, 2.45) is 0 Å². The predicted molar refractivity (Wildman–Crippen MR) is 76.8 cm³/mol. The monoisotopic (exact) mass is 293 g/mol. The van der Waals surface area contributed by atoms with Crippen molar-refractivity contribution in [1.82, 2.24) is 0 Å². The van der Waals surface area contributed by atoms with Crippen molar-refractivity contribution in [1.29, 1.82) is 0 Å². The number of fused-ring (bicyclic) bond motifs is 1. The molecular weight excluding hydrogens is 274 g/mol. The van der Waals surface area contributed by atoms with Gasteiger partial charge in [-0.25, -0.2) is 4.79 Å². The number of anilines is 1. The van der Waals surface area contributed by atoms with Crippen molar-refractivity contribution in [2.75, 3.05) is 38.4 Å². The standard InChI is InChI=1S/C15H19NO5/c1-20-8-9-21-10-14(17)16-7-3-5-11-12(15(18)19)4-2-6-13(11)16/h2,4,6H,3,5,7-10H2,1H3,(H,18,19). The second-order valence-electron chi connectivity index (χ2n) is 4.80. The van der Waals surface area contributed by atoms with E-state index in [0.717, 1.165) is 12.0 Å². The van der Waals surface area contributed by atoms with Crippen molar-refractivity contribution < 1.29 is 24.2 Å². The Morgan fingerprint density at radius 1 is 1.33 bits per heavy atom. The fraction of sp³-hybridized carbons (Fsp3) is 0.467. The molecule has 1 aromatic rings. The Morgan fingerprint density at radius 3 is 2.86 bits per heavy atom. The summed E-state index contributed by atoms with van der Waals surface area (Å²) in [6.07, 6.45) is 1.42. The molecule has 0 saturated carbocycles. The lowest BCUT2D eigenvalue weighted by molar-refractivity contribution is -0.123. The molecule has 0 bridgehead atoms. The van der Waals surface area contributed by atoms with Gasteiger partial charge in [0.15, 0.2) is 0 Å². The van der Waals surface area contributed by atoms with Crippen LogP contribution < -0.4 is 4.90 Å². The van der Waals surface area contributed by atoms with Crippen molar-refractivity contribution in [3.8, 4) is 0 Å². The first-order valence-electron chi connectivity index (χ1n) is 6.87. The zero-order valence-corrected chi connectivity index (χ0v) is 12.0. The number of carboxylic acids is 1. The molecule has 21 heavy (non-hydrogen) atoms. The fourth-order valence-corrected chi connectivity index (χ4v) is 2.46. The Balaban J connectivity index is 2.13. The summed E-state index contributed by atoms with van der Waals surface area (Å²) in [7, 11) is 1.57. The molecule has 1 aromatic carbocycles. The van der Waals surface area contributed by atoms with Gasteiger partial charge in [0.25, 0.3) is 5.91 Å². The van der Waals surface area contributed by atoms with Crippen molar-refractivity contribution in [2.45, 2.75) is 12.8 Å². The molecule has 0 radical (unpaired) electrons. The zero-order valence-electron chi connectivity index (χ0n) is 12.0. The van der Waals surface area contributed by atoms with Crippen LogP contribution in [0.25, 0.3) is 0 Å². The van der Waals surface area contributed by atoms with Crippen LogP contribution in [0.15, 0.2) is 18.2 Å². The Kier molecular flexibility index (Phi) is 5.30. The number of carboxylic acid groups (broad SMARTS) is 1. The summed E-state index contributed by atoms with van der Waals surface area (Å²) in [5.74, 6) is -1.12. The third kappa shape index (κ3) is 3.59. The maximum Gasteiger partial charge on any atom is 0.336 e. The van der Waals surface area contributed by atoms with Gasteiger partial charge in [-0.1, -0.05) is 6.07 Å². The number of ether oxygens (including phenoxy) is 2. The summed E-state index contributed by atoms with van der Waals surface area (Å²) >= 11 is 0. The van der Waals surface area contributed by atoms with Gasteiger partial charge in [0.05, 0.1) is 18.8 Å². The van der Waals surface area contributed by atoms with Crippen molar-refractivity contribution >= 4 is 17.6 Å². The van der Waals surface area contributed by atoms with Gasteiger partial charge in [-0.2, -0.15) is 0 Å². The van der Waals surface area contributed by atoms with Gasteiger partial charge in [0, 0.05) is 19.3 Å². The average Bonchev–Trinajstić information content (AvgIpc) is 2.50. The van der Waals surface area contributed by atoms with Gasteiger partial charge >= 0.3 is 5.97 Å². The van der Waals surface area contributed by atoms with E-state index in [9.17, 15) is 14.7 Å². The van der Waals surface area contributed by atoms with Crippen LogP contribution in [0.4, 0.5) is 5.69 Å². The van der Waals surface area contributed by atoms with Crippen LogP contribution in [-0.4, -0.2) is 50.5 Å². The highest BCUT2D eigenvalue weighted by Crippen LogP contribution is 2.30. The van der Waals surface area contributed by atoms with E-state index in [1.165, 1.54) is 0 Å². The van der Waals surface area contributed by atoms with Crippen LogP contribution in [0, 0.1) is 0 Å². The SMILES string of the molecule is COCCOCC(=O)N1CCCc2c(C(=O)O)cccc21. The minimum atomic E-state index is -0.961. The van der Waals surface area contributed by atoms with Gasteiger partial charge in [0.1, 0.15) is 6.61 Å². The topological polar surface area (TPSA) is 76.1 Å². The minimum absolute atomic E-state index is 0.0277. The number of amides is 1. The molecule has 6 nitrogen and oxygen atoms in total. The van der Waals surface area contributed by atoms with Crippen LogP contribution >= 0.6 is 0 Å². The van der Waals surface area contributed by atoms with E-state index in [0.29, 0.717) is 31.9 Å². The summed E-state index contributed by atoms with van der Waals surface area (Å²) in [6, 6.07) is 5.03. The van der Waals surface area contributed by atoms with Crippen LogP contribution in [0.1, 0.15) is 22.3 Å². The number of nitrogens with zero attached hydrogens (tertiary/aromatic N) is 1. The fourth-order valence-electron chi connectivity index (χ4n) is 2.46. The summed E-state index contributed by atoms with van der Waals surface area (Å²) in [6.45, 7) is 1.35. The third-order valence-corrected chi connectivity index (χ3v) is 3.44. The van der Waals surface area contributed by atoms with E-state index in [1.807, 2.05) is 0 Å². The highest BCUT2D eigenvalue weighted by molar-refractivity contribution is 5.98. The second-order valence-corrected chi connectivity index (χ2v) is 4.80. The molecule has 1 N–H and O–H groups in total. The Hall–Kier alpha value is -1.92. The van der Waals surface area contributed by atoms with E-state index in [-0.39, 0.29) is 18.1 Å². The molecule has 0 atom stereocenters. The van der Waals surface area contributed by atoms with Crippen molar-refractivity contribution in [3.05, 3.63) is 29.3 Å². The van der Waals surface area contributed by atoms with Crippen LogP contribution in [0.2, 0.25) is 0 Å². The van der Waals surface area contributed by atoms with Crippen LogP contribution in [0.5, 0.6) is 0 Å². The Morgan fingerprint density at radius 2 is 2.14 bits per heavy atom. The lowest BCUT2D eigenvalue weighted by Gasteiger charge is -2.30. The molecule has 1 amide bonds. The number of benzene rings is 1. The molecule has 0 spiro atoms. The molecule has 1 aliphatic rings. The summed E-state index contributed by atoms with van der Waals surface area (Å²) in [5.41, 5.74) is 1.67. The molecule has 2 rings (SSSR count). The van der Waals surface area contributed by atoms with Gasteiger partial charge in [-0.15, -0.1) is 0 Å².